The van der Waals surface area contributed by atoms with Gasteiger partial charge in [0.25, 0.3) is 0 Å². The van der Waals surface area contributed by atoms with Gasteiger partial charge in [-0.15, -0.1) is 0 Å². The van der Waals surface area contributed by atoms with Gasteiger partial charge in [0.05, 0.1) is 12.2 Å². The number of pyridine rings is 1. The summed E-state index contributed by atoms with van der Waals surface area (Å²) in [7, 11) is 0. The third-order valence-corrected chi connectivity index (χ3v) is 6.24. The summed E-state index contributed by atoms with van der Waals surface area (Å²) in [6.45, 7) is 6.76. The molecule has 1 aromatic carbocycles. The Kier molecular flexibility index (Phi) is 5.57. The highest BCUT2D eigenvalue weighted by Gasteiger charge is 2.46. The van der Waals surface area contributed by atoms with Crippen molar-refractivity contribution in [3.8, 4) is 5.75 Å². The van der Waals surface area contributed by atoms with Gasteiger partial charge in [0.15, 0.2) is 0 Å². The number of nitrogens with zero attached hydrogens (tertiary/aromatic N) is 4. The number of carbonyl (C=O) groups excluding carboxylic acids is 2. The Morgan fingerprint density at radius 1 is 1.22 bits per heavy atom. The minimum atomic E-state index is -0.424. The van der Waals surface area contributed by atoms with Crippen LogP contribution >= 0.6 is 0 Å². The van der Waals surface area contributed by atoms with Crippen molar-refractivity contribution in [2.24, 2.45) is 0 Å². The van der Waals surface area contributed by atoms with Crippen LogP contribution in [0.15, 0.2) is 42.7 Å². The van der Waals surface area contributed by atoms with Crippen LogP contribution in [0.25, 0.3) is 0 Å². The van der Waals surface area contributed by atoms with Crippen molar-refractivity contribution < 1.29 is 19.1 Å². The van der Waals surface area contributed by atoms with Crippen LogP contribution in [0.2, 0.25) is 0 Å². The smallest absolute Gasteiger partial charge is 0.415 e. The number of anilines is 2. The van der Waals surface area contributed by atoms with E-state index in [1.165, 1.54) is 12.5 Å². The molecular formula is C23H27N5O4. The van der Waals surface area contributed by atoms with Crippen molar-refractivity contribution in [3.63, 3.8) is 0 Å². The topological polar surface area (TPSA) is 87.2 Å². The first-order valence-corrected chi connectivity index (χ1v) is 11.0. The zero-order chi connectivity index (χ0) is 22.1. The zero-order valence-corrected chi connectivity index (χ0v) is 18.1. The highest BCUT2D eigenvalue weighted by molar-refractivity contribution is 5.93. The highest BCUT2D eigenvalue weighted by Crippen LogP contribution is 2.41. The molecule has 168 valence electrons. The van der Waals surface area contributed by atoms with Gasteiger partial charge < -0.3 is 19.7 Å². The van der Waals surface area contributed by atoms with Crippen molar-refractivity contribution in [2.75, 3.05) is 49.1 Å². The Labute approximate surface area is 186 Å². The Morgan fingerprint density at radius 2 is 2.06 bits per heavy atom. The second-order valence-corrected chi connectivity index (χ2v) is 8.38. The molecule has 1 aromatic heterocycles. The molecule has 3 aliphatic heterocycles. The summed E-state index contributed by atoms with van der Waals surface area (Å²) in [5, 5.41) is 2.72. The van der Waals surface area contributed by atoms with E-state index in [1.807, 2.05) is 30.5 Å². The summed E-state index contributed by atoms with van der Waals surface area (Å²) in [5.41, 5.74) is 3.04. The van der Waals surface area contributed by atoms with Gasteiger partial charge in [0, 0.05) is 63.8 Å². The molecule has 9 nitrogen and oxygen atoms in total. The zero-order valence-electron chi connectivity index (χ0n) is 18.1. The van der Waals surface area contributed by atoms with Gasteiger partial charge in [-0.3, -0.25) is 19.6 Å². The van der Waals surface area contributed by atoms with Gasteiger partial charge >= 0.3 is 6.09 Å². The molecule has 0 radical (unpaired) electrons. The third kappa shape index (κ3) is 4.08. The van der Waals surface area contributed by atoms with Gasteiger partial charge in [0.1, 0.15) is 24.5 Å². The largest absolute Gasteiger partial charge is 0.489 e. The number of nitrogens with one attached hydrogen (secondary N) is 1. The number of hydrogen-bond acceptors (Lipinski definition) is 7. The van der Waals surface area contributed by atoms with E-state index in [-0.39, 0.29) is 18.5 Å². The minimum absolute atomic E-state index is 0.151. The number of carbonyl (C=O) groups is 2. The quantitative estimate of drug-likeness (QED) is 0.761. The lowest BCUT2D eigenvalue weighted by molar-refractivity contribution is -0.119. The van der Waals surface area contributed by atoms with Gasteiger partial charge in [0.2, 0.25) is 5.91 Å². The van der Waals surface area contributed by atoms with E-state index in [9.17, 15) is 9.59 Å². The van der Waals surface area contributed by atoms with Gasteiger partial charge in [-0.1, -0.05) is 6.07 Å². The van der Waals surface area contributed by atoms with Crippen LogP contribution in [-0.2, 0) is 16.1 Å². The lowest BCUT2D eigenvalue weighted by Gasteiger charge is -2.37. The van der Waals surface area contributed by atoms with Crippen molar-refractivity contribution in [3.05, 3.63) is 48.3 Å². The molecule has 0 aliphatic carbocycles. The summed E-state index contributed by atoms with van der Waals surface area (Å²) in [4.78, 5) is 34.4. The van der Waals surface area contributed by atoms with Crippen LogP contribution in [0.1, 0.15) is 12.5 Å². The van der Waals surface area contributed by atoms with E-state index < -0.39 is 12.2 Å². The first-order valence-electron chi connectivity index (χ1n) is 11.0. The molecular weight excluding hydrogens is 410 g/mol. The number of amides is 2. The molecule has 0 spiro atoms. The molecule has 0 bridgehead atoms. The van der Waals surface area contributed by atoms with Gasteiger partial charge in [-0.25, -0.2) is 4.79 Å². The number of ether oxygens (including phenoxy) is 2. The number of cyclic esters (lactones) is 1. The summed E-state index contributed by atoms with van der Waals surface area (Å²) in [5.74, 6) is 0.537. The Morgan fingerprint density at radius 3 is 2.81 bits per heavy atom. The average molecular weight is 438 g/mol. The van der Waals surface area contributed by atoms with E-state index >= 15 is 0 Å². The fraction of sp³-hybridized carbons (Fsp3) is 0.435. The number of piperazine rings is 1. The van der Waals surface area contributed by atoms with E-state index in [0.29, 0.717) is 12.4 Å². The van der Waals surface area contributed by atoms with Gasteiger partial charge in [-0.05, 0) is 23.8 Å². The standard InChI is InChI=1S/C23H27N5O4/c1-16(29)25-13-22-20-15-31-21-11-18(4-5-19(21)28(20)23(30)32-22)27-9-7-26(8-10-27)14-17-3-2-6-24-12-17/h2-6,11-12,20,22H,7-10,13-15H2,1H3,(H,25,29)/t20-,22-/m0/s1. The van der Waals surface area contributed by atoms with Crippen LogP contribution in [0, 0.1) is 0 Å². The summed E-state index contributed by atoms with van der Waals surface area (Å²) in [6, 6.07) is 9.82. The fourth-order valence-electron chi connectivity index (χ4n) is 4.55. The number of fused-ring (bicyclic) bond motifs is 3. The van der Waals surface area contributed by atoms with Crippen molar-refractivity contribution in [1.29, 1.82) is 0 Å². The number of benzene rings is 1. The fourth-order valence-corrected chi connectivity index (χ4v) is 4.55. The van der Waals surface area contributed by atoms with Crippen LogP contribution in [-0.4, -0.2) is 73.4 Å². The lowest BCUT2D eigenvalue weighted by Crippen LogP contribution is -2.48. The number of hydrogen-bond donors (Lipinski definition) is 1. The minimum Gasteiger partial charge on any atom is -0.489 e. The molecule has 2 saturated heterocycles. The molecule has 5 rings (SSSR count). The Bertz CT molecular complexity index is 993. The summed E-state index contributed by atoms with van der Waals surface area (Å²) >= 11 is 0. The first kappa shape index (κ1) is 20.6. The molecule has 3 aliphatic rings. The second kappa shape index (κ2) is 8.66. The predicted octanol–water partition coefficient (Wildman–Crippen LogP) is 1.63. The van der Waals surface area contributed by atoms with Crippen molar-refractivity contribution in [1.82, 2.24) is 15.2 Å². The molecule has 2 atom stereocenters. The lowest BCUT2D eigenvalue weighted by atomic mass is 10.1. The predicted molar refractivity (Wildman–Crippen MR) is 119 cm³/mol. The van der Waals surface area contributed by atoms with Crippen LogP contribution in [0.4, 0.5) is 16.2 Å². The van der Waals surface area contributed by atoms with Crippen molar-refractivity contribution in [2.45, 2.75) is 25.6 Å². The third-order valence-electron chi connectivity index (χ3n) is 6.24. The van der Waals surface area contributed by atoms with E-state index in [2.05, 4.69) is 26.2 Å². The number of aromatic nitrogens is 1. The Hall–Kier alpha value is -3.33. The molecule has 0 unspecified atom stereocenters. The van der Waals surface area contributed by atoms with E-state index in [4.69, 9.17) is 9.47 Å². The average Bonchev–Trinajstić information content (AvgIpc) is 3.14. The van der Waals surface area contributed by atoms with E-state index in [0.717, 1.165) is 44.1 Å². The Balaban J connectivity index is 1.24. The molecule has 1 N–H and O–H groups in total. The molecule has 2 amide bonds. The maximum Gasteiger partial charge on any atom is 0.415 e. The highest BCUT2D eigenvalue weighted by atomic mass is 16.6. The molecule has 9 heteroatoms. The SMILES string of the molecule is CC(=O)NC[C@@H]1OC(=O)N2c3ccc(N4CCN(Cc5cccnc5)CC4)cc3OC[C@@H]12. The van der Waals surface area contributed by atoms with Crippen LogP contribution in [0.5, 0.6) is 5.75 Å². The second-order valence-electron chi connectivity index (χ2n) is 8.38. The molecule has 0 saturated carbocycles. The molecule has 32 heavy (non-hydrogen) atoms. The van der Waals surface area contributed by atoms with Crippen LogP contribution < -0.4 is 19.9 Å². The molecule has 2 fully saturated rings. The maximum absolute atomic E-state index is 12.5. The molecule has 4 heterocycles. The monoisotopic (exact) mass is 437 g/mol. The summed E-state index contributed by atoms with van der Waals surface area (Å²) < 4.78 is 11.5. The van der Waals surface area contributed by atoms with E-state index in [1.54, 1.807) is 11.1 Å². The summed E-state index contributed by atoms with van der Waals surface area (Å²) in [6.07, 6.45) is 2.90. The number of rotatable bonds is 5. The van der Waals surface area contributed by atoms with Gasteiger partial charge in [-0.2, -0.15) is 0 Å². The first-order chi connectivity index (χ1) is 15.6. The normalized spacial score (nSPS) is 22.6. The van der Waals surface area contributed by atoms with Crippen molar-refractivity contribution >= 4 is 23.4 Å². The molecule has 2 aromatic rings. The van der Waals surface area contributed by atoms with Crippen LogP contribution in [0.3, 0.4) is 0 Å². The maximum atomic E-state index is 12.5.